The van der Waals surface area contributed by atoms with Crippen molar-refractivity contribution in [1.29, 1.82) is 0 Å². The second kappa shape index (κ2) is 9.89. The summed E-state index contributed by atoms with van der Waals surface area (Å²) in [6, 6.07) is 6.83. The summed E-state index contributed by atoms with van der Waals surface area (Å²) >= 11 is 0. The summed E-state index contributed by atoms with van der Waals surface area (Å²) < 4.78 is 32.1. The molecule has 0 bridgehead atoms. The number of hydrogen-bond donors (Lipinski definition) is 0. The number of amides is 1. The molecule has 9 heteroatoms. The third-order valence-electron chi connectivity index (χ3n) is 5.82. The second-order valence-electron chi connectivity index (χ2n) is 7.90. The zero-order chi connectivity index (χ0) is 21.7. The number of likely N-dealkylation sites (tertiary alicyclic amines) is 1. The van der Waals surface area contributed by atoms with Crippen molar-refractivity contribution >= 4 is 21.9 Å². The van der Waals surface area contributed by atoms with Gasteiger partial charge in [0, 0.05) is 26.2 Å². The predicted octanol–water partition coefficient (Wildman–Crippen LogP) is 1.10. The monoisotopic (exact) mass is 437 g/mol. The molecule has 2 heterocycles. The van der Waals surface area contributed by atoms with Gasteiger partial charge in [-0.3, -0.25) is 14.5 Å². The van der Waals surface area contributed by atoms with Crippen molar-refractivity contribution in [3.05, 3.63) is 29.8 Å². The normalized spacial score (nSPS) is 19.6. The van der Waals surface area contributed by atoms with E-state index in [1.165, 1.54) is 4.31 Å². The Bertz CT molecular complexity index is 840. The fraction of sp³-hybridized carbons (Fsp3) is 0.619. The van der Waals surface area contributed by atoms with Crippen molar-refractivity contribution in [1.82, 2.24) is 14.1 Å². The first-order valence-corrected chi connectivity index (χ1v) is 12.0. The van der Waals surface area contributed by atoms with E-state index < -0.39 is 10.0 Å². The number of benzene rings is 1. The van der Waals surface area contributed by atoms with Crippen LogP contribution in [0.15, 0.2) is 29.2 Å². The van der Waals surface area contributed by atoms with Crippen LogP contribution in [-0.2, 0) is 24.3 Å². The van der Waals surface area contributed by atoms with Crippen molar-refractivity contribution < 1.29 is 22.7 Å². The molecule has 166 valence electrons. The Morgan fingerprint density at radius 3 is 2.17 bits per heavy atom. The molecule has 1 amide bonds. The van der Waals surface area contributed by atoms with Gasteiger partial charge in [0.1, 0.15) is 0 Å². The summed E-state index contributed by atoms with van der Waals surface area (Å²) in [6.45, 7) is 7.18. The lowest BCUT2D eigenvalue weighted by Gasteiger charge is -2.36. The van der Waals surface area contributed by atoms with Crippen LogP contribution < -0.4 is 0 Å². The van der Waals surface area contributed by atoms with Crippen LogP contribution in [-0.4, -0.2) is 86.8 Å². The maximum atomic E-state index is 12.8. The summed E-state index contributed by atoms with van der Waals surface area (Å²) in [7, 11) is -3.53. The number of aryl methyl sites for hydroxylation is 1. The minimum absolute atomic E-state index is 0.0111. The Morgan fingerprint density at radius 1 is 1.00 bits per heavy atom. The molecule has 1 aromatic carbocycles. The van der Waals surface area contributed by atoms with Crippen LogP contribution in [0.25, 0.3) is 0 Å². The Morgan fingerprint density at radius 2 is 1.60 bits per heavy atom. The Hall–Kier alpha value is -1.97. The molecule has 2 saturated heterocycles. The van der Waals surface area contributed by atoms with E-state index in [2.05, 4.69) is 4.90 Å². The largest absolute Gasteiger partial charge is 0.466 e. The lowest BCUT2D eigenvalue weighted by atomic mass is 9.97. The van der Waals surface area contributed by atoms with Crippen LogP contribution in [0.5, 0.6) is 0 Å². The van der Waals surface area contributed by atoms with Gasteiger partial charge in [-0.05, 0) is 51.9 Å². The van der Waals surface area contributed by atoms with Gasteiger partial charge >= 0.3 is 5.97 Å². The minimum Gasteiger partial charge on any atom is -0.466 e. The highest BCUT2D eigenvalue weighted by Crippen LogP contribution is 2.20. The molecule has 0 unspecified atom stereocenters. The molecule has 0 radical (unpaired) electrons. The summed E-state index contributed by atoms with van der Waals surface area (Å²) in [5.74, 6) is -0.210. The van der Waals surface area contributed by atoms with Gasteiger partial charge in [-0.15, -0.1) is 0 Å². The molecule has 0 spiro atoms. The molecule has 30 heavy (non-hydrogen) atoms. The molecule has 2 fully saturated rings. The lowest BCUT2D eigenvalue weighted by Crippen LogP contribution is -2.53. The third kappa shape index (κ3) is 5.39. The van der Waals surface area contributed by atoms with Gasteiger partial charge in [0.25, 0.3) is 0 Å². The number of hydrogen-bond acceptors (Lipinski definition) is 6. The summed E-state index contributed by atoms with van der Waals surface area (Å²) in [5, 5.41) is 0. The number of carbonyl (C=O) groups excluding carboxylic acids is 2. The third-order valence-corrected chi connectivity index (χ3v) is 7.73. The summed E-state index contributed by atoms with van der Waals surface area (Å²) in [6.07, 6.45) is 1.41. The van der Waals surface area contributed by atoms with Crippen molar-refractivity contribution in [2.45, 2.75) is 31.6 Å². The molecule has 2 aliphatic heterocycles. The molecule has 0 atom stereocenters. The van der Waals surface area contributed by atoms with Crippen LogP contribution in [0.2, 0.25) is 0 Å². The topological polar surface area (TPSA) is 87.2 Å². The molecule has 0 aromatic heterocycles. The van der Waals surface area contributed by atoms with E-state index in [0.717, 1.165) is 5.56 Å². The van der Waals surface area contributed by atoms with Crippen LogP contribution in [0, 0.1) is 12.8 Å². The first-order chi connectivity index (χ1) is 14.3. The molecule has 0 aliphatic carbocycles. The molecule has 0 saturated carbocycles. The van der Waals surface area contributed by atoms with Crippen molar-refractivity contribution in [3.63, 3.8) is 0 Å². The van der Waals surface area contributed by atoms with Gasteiger partial charge in [0.15, 0.2) is 0 Å². The SMILES string of the molecule is CCOC(=O)C1CCN(CC(=O)N2CCN(S(=O)(=O)c3ccc(C)cc3)CC2)CC1. The van der Waals surface area contributed by atoms with Crippen LogP contribution >= 0.6 is 0 Å². The number of carbonyl (C=O) groups is 2. The van der Waals surface area contributed by atoms with Gasteiger partial charge in [0.05, 0.1) is 24.0 Å². The van der Waals surface area contributed by atoms with Gasteiger partial charge in [-0.1, -0.05) is 17.7 Å². The van der Waals surface area contributed by atoms with E-state index in [1.54, 1.807) is 36.1 Å². The molecule has 1 aromatic rings. The molecule has 3 rings (SSSR count). The zero-order valence-electron chi connectivity index (χ0n) is 17.7. The number of sulfonamides is 1. The molecular weight excluding hydrogens is 406 g/mol. The highest BCUT2D eigenvalue weighted by Gasteiger charge is 2.32. The van der Waals surface area contributed by atoms with E-state index in [9.17, 15) is 18.0 Å². The number of rotatable bonds is 6. The van der Waals surface area contributed by atoms with E-state index in [1.807, 2.05) is 6.92 Å². The Labute approximate surface area is 178 Å². The first-order valence-electron chi connectivity index (χ1n) is 10.5. The maximum Gasteiger partial charge on any atom is 0.309 e. The molecule has 0 N–H and O–H groups in total. The van der Waals surface area contributed by atoms with E-state index in [-0.39, 0.29) is 22.7 Å². The lowest BCUT2D eigenvalue weighted by molar-refractivity contribution is -0.149. The van der Waals surface area contributed by atoms with Crippen LogP contribution in [0.4, 0.5) is 0 Å². The van der Waals surface area contributed by atoms with Crippen LogP contribution in [0.3, 0.4) is 0 Å². The van der Waals surface area contributed by atoms with E-state index >= 15 is 0 Å². The van der Waals surface area contributed by atoms with E-state index in [4.69, 9.17) is 4.74 Å². The minimum atomic E-state index is -3.53. The molecule has 2 aliphatic rings. The van der Waals surface area contributed by atoms with Gasteiger partial charge in [0.2, 0.25) is 15.9 Å². The quantitative estimate of drug-likeness (QED) is 0.620. The average Bonchev–Trinajstić information content (AvgIpc) is 2.75. The van der Waals surface area contributed by atoms with Crippen molar-refractivity contribution in [2.24, 2.45) is 5.92 Å². The average molecular weight is 438 g/mol. The van der Waals surface area contributed by atoms with Crippen molar-refractivity contribution in [2.75, 3.05) is 52.4 Å². The van der Waals surface area contributed by atoms with E-state index in [0.29, 0.717) is 65.3 Å². The smallest absolute Gasteiger partial charge is 0.309 e. The van der Waals surface area contributed by atoms with Crippen molar-refractivity contribution in [3.8, 4) is 0 Å². The highest BCUT2D eigenvalue weighted by atomic mass is 32.2. The number of piperazine rings is 1. The maximum absolute atomic E-state index is 12.8. The van der Waals surface area contributed by atoms with Gasteiger partial charge in [-0.2, -0.15) is 4.31 Å². The fourth-order valence-corrected chi connectivity index (χ4v) is 5.34. The Balaban J connectivity index is 1.46. The van der Waals surface area contributed by atoms with Gasteiger partial charge in [-0.25, -0.2) is 8.42 Å². The standard InChI is InChI=1S/C21H31N3O5S/c1-3-29-21(26)18-8-10-22(11-9-18)16-20(25)23-12-14-24(15-13-23)30(27,28)19-6-4-17(2)5-7-19/h4-7,18H,3,8-16H2,1-2H3. The number of piperidine rings is 1. The predicted molar refractivity (Wildman–Crippen MR) is 112 cm³/mol. The molecular formula is C21H31N3O5S. The highest BCUT2D eigenvalue weighted by molar-refractivity contribution is 7.89. The number of ether oxygens (including phenoxy) is 1. The number of nitrogens with zero attached hydrogens (tertiary/aromatic N) is 3. The van der Waals surface area contributed by atoms with Crippen LogP contribution in [0.1, 0.15) is 25.3 Å². The summed E-state index contributed by atoms with van der Waals surface area (Å²) in [4.78, 5) is 28.6. The first kappa shape index (κ1) is 22.7. The van der Waals surface area contributed by atoms with Gasteiger partial charge < -0.3 is 9.64 Å². The Kier molecular flexibility index (Phi) is 7.49. The number of esters is 1. The zero-order valence-corrected chi connectivity index (χ0v) is 18.6. The fourth-order valence-electron chi connectivity index (χ4n) is 3.92. The summed E-state index contributed by atoms with van der Waals surface area (Å²) in [5.41, 5.74) is 1.01. The molecule has 8 nitrogen and oxygen atoms in total. The second-order valence-corrected chi connectivity index (χ2v) is 9.84.